The van der Waals surface area contributed by atoms with E-state index in [4.69, 9.17) is 4.74 Å². The van der Waals surface area contributed by atoms with Crippen LogP contribution in [0.3, 0.4) is 0 Å². The molecule has 0 unspecified atom stereocenters. The van der Waals surface area contributed by atoms with Gasteiger partial charge in [0.25, 0.3) is 0 Å². The average molecular weight is 360 g/mol. The highest BCUT2D eigenvalue weighted by molar-refractivity contribution is 5.94. The minimum atomic E-state index is -0.346. The summed E-state index contributed by atoms with van der Waals surface area (Å²) in [6.45, 7) is 0. The largest absolute Gasteiger partial charge is 0.497 e. The number of anilines is 1. The Morgan fingerprint density at radius 2 is 1.85 bits per heavy atom. The molecule has 4 aromatic rings. The summed E-state index contributed by atoms with van der Waals surface area (Å²) in [7, 11) is 3.33. The van der Waals surface area contributed by atoms with Crippen LogP contribution in [0, 0.1) is 5.82 Å². The van der Waals surface area contributed by atoms with Gasteiger partial charge in [-0.3, -0.25) is 4.98 Å². The molecule has 0 bridgehead atoms. The zero-order valence-electron chi connectivity index (χ0n) is 14.9. The third kappa shape index (κ3) is 3.29. The van der Waals surface area contributed by atoms with E-state index in [2.05, 4.69) is 20.3 Å². The van der Waals surface area contributed by atoms with E-state index in [1.807, 2.05) is 37.4 Å². The van der Waals surface area contributed by atoms with E-state index in [9.17, 15) is 4.39 Å². The predicted molar refractivity (Wildman–Crippen MR) is 104 cm³/mol. The quantitative estimate of drug-likeness (QED) is 0.579. The maximum Gasteiger partial charge on any atom is 0.163 e. The molecule has 0 saturated carbocycles. The number of pyridine rings is 1. The lowest BCUT2D eigenvalue weighted by Crippen LogP contribution is -1.99. The van der Waals surface area contributed by atoms with Crippen molar-refractivity contribution in [2.45, 2.75) is 0 Å². The van der Waals surface area contributed by atoms with Crippen molar-refractivity contribution >= 4 is 16.7 Å². The van der Waals surface area contributed by atoms with E-state index >= 15 is 0 Å². The van der Waals surface area contributed by atoms with Crippen molar-refractivity contribution in [2.24, 2.45) is 0 Å². The van der Waals surface area contributed by atoms with Crippen LogP contribution in [0.1, 0.15) is 0 Å². The van der Waals surface area contributed by atoms with E-state index in [-0.39, 0.29) is 5.82 Å². The van der Waals surface area contributed by atoms with Gasteiger partial charge in [0, 0.05) is 36.5 Å². The molecule has 6 heteroatoms. The van der Waals surface area contributed by atoms with Crippen LogP contribution in [0.2, 0.25) is 0 Å². The molecular formula is C21H17FN4O. The molecule has 27 heavy (non-hydrogen) atoms. The standard InChI is InChI=1S/C21H17FN4O/c1-23-21-18-10-13(15-8-16(22)11-17(9-15)27-2)5-6-19(18)25-20(26-21)14-4-3-7-24-12-14/h3-12H,1-2H3,(H,23,25,26). The van der Waals surface area contributed by atoms with Crippen LogP contribution in [0.5, 0.6) is 5.75 Å². The fourth-order valence-corrected chi connectivity index (χ4v) is 2.97. The van der Waals surface area contributed by atoms with Crippen molar-refractivity contribution in [1.29, 1.82) is 0 Å². The van der Waals surface area contributed by atoms with Gasteiger partial charge in [0.2, 0.25) is 0 Å². The first kappa shape index (κ1) is 16.9. The normalized spacial score (nSPS) is 10.8. The van der Waals surface area contributed by atoms with Crippen molar-refractivity contribution in [3.05, 3.63) is 66.7 Å². The maximum absolute atomic E-state index is 13.9. The van der Waals surface area contributed by atoms with Gasteiger partial charge in [0.05, 0.1) is 12.6 Å². The van der Waals surface area contributed by atoms with E-state index in [1.165, 1.54) is 19.2 Å². The van der Waals surface area contributed by atoms with Gasteiger partial charge in [-0.05, 0) is 47.5 Å². The number of nitrogens with zero attached hydrogens (tertiary/aromatic N) is 3. The highest BCUT2D eigenvalue weighted by Gasteiger charge is 2.11. The Morgan fingerprint density at radius 3 is 2.59 bits per heavy atom. The number of hydrogen-bond acceptors (Lipinski definition) is 5. The molecule has 1 N–H and O–H groups in total. The van der Waals surface area contributed by atoms with Gasteiger partial charge in [-0.25, -0.2) is 14.4 Å². The molecule has 5 nitrogen and oxygen atoms in total. The maximum atomic E-state index is 13.9. The second kappa shape index (κ2) is 6.99. The Hall–Kier alpha value is -3.54. The summed E-state index contributed by atoms with van der Waals surface area (Å²) >= 11 is 0. The molecule has 0 saturated heterocycles. The van der Waals surface area contributed by atoms with Gasteiger partial charge < -0.3 is 10.1 Å². The smallest absolute Gasteiger partial charge is 0.163 e. The van der Waals surface area contributed by atoms with Crippen molar-refractivity contribution in [1.82, 2.24) is 15.0 Å². The second-order valence-electron chi connectivity index (χ2n) is 6.00. The molecule has 2 heterocycles. The summed E-state index contributed by atoms with van der Waals surface area (Å²) in [5.41, 5.74) is 3.22. The van der Waals surface area contributed by atoms with Gasteiger partial charge in [-0.2, -0.15) is 0 Å². The lowest BCUT2D eigenvalue weighted by Gasteiger charge is -2.11. The average Bonchev–Trinajstić information content (AvgIpc) is 2.72. The number of fused-ring (bicyclic) bond motifs is 1. The van der Waals surface area contributed by atoms with Crippen LogP contribution in [-0.2, 0) is 0 Å². The van der Waals surface area contributed by atoms with Gasteiger partial charge in [-0.1, -0.05) is 6.07 Å². The highest BCUT2D eigenvalue weighted by Crippen LogP contribution is 2.31. The number of hydrogen-bond donors (Lipinski definition) is 1. The molecule has 0 aliphatic carbocycles. The third-order valence-electron chi connectivity index (χ3n) is 4.29. The summed E-state index contributed by atoms with van der Waals surface area (Å²) in [5.74, 6) is 1.42. The fourth-order valence-electron chi connectivity index (χ4n) is 2.97. The molecule has 0 aliphatic heterocycles. The molecule has 0 amide bonds. The first-order valence-electron chi connectivity index (χ1n) is 8.43. The molecule has 0 atom stereocenters. The SMILES string of the molecule is CNc1nc(-c2cccnc2)nc2ccc(-c3cc(F)cc(OC)c3)cc12. The Balaban J connectivity index is 1.87. The monoisotopic (exact) mass is 360 g/mol. The summed E-state index contributed by atoms with van der Waals surface area (Å²) in [4.78, 5) is 13.4. The molecule has 134 valence electrons. The Labute approximate surface area is 155 Å². The zero-order valence-corrected chi connectivity index (χ0v) is 14.9. The number of aromatic nitrogens is 3. The molecule has 2 aromatic carbocycles. The number of methoxy groups -OCH3 is 1. The number of ether oxygens (including phenoxy) is 1. The molecular weight excluding hydrogens is 343 g/mol. The van der Waals surface area contributed by atoms with Crippen LogP contribution in [-0.4, -0.2) is 29.1 Å². The minimum absolute atomic E-state index is 0.346. The number of halogens is 1. The lowest BCUT2D eigenvalue weighted by atomic mass is 10.0. The van der Waals surface area contributed by atoms with Crippen LogP contribution in [0.25, 0.3) is 33.4 Å². The van der Waals surface area contributed by atoms with Crippen molar-refractivity contribution in [3.63, 3.8) is 0 Å². The molecule has 0 spiro atoms. The molecule has 2 aromatic heterocycles. The van der Waals surface area contributed by atoms with Gasteiger partial charge >= 0.3 is 0 Å². The highest BCUT2D eigenvalue weighted by atomic mass is 19.1. The minimum Gasteiger partial charge on any atom is -0.497 e. The van der Waals surface area contributed by atoms with Gasteiger partial charge in [0.15, 0.2) is 5.82 Å². The summed E-state index contributed by atoms with van der Waals surface area (Å²) in [5, 5.41) is 3.98. The molecule has 4 rings (SSSR count). The van der Waals surface area contributed by atoms with E-state index in [0.717, 1.165) is 27.6 Å². The Kier molecular flexibility index (Phi) is 4.38. The molecule has 0 aliphatic rings. The molecule has 0 radical (unpaired) electrons. The van der Waals surface area contributed by atoms with Gasteiger partial charge in [0.1, 0.15) is 17.4 Å². The van der Waals surface area contributed by atoms with Crippen LogP contribution in [0.15, 0.2) is 60.9 Å². The zero-order chi connectivity index (χ0) is 18.8. The van der Waals surface area contributed by atoms with Crippen molar-refractivity contribution < 1.29 is 9.13 Å². The molecule has 0 fully saturated rings. The van der Waals surface area contributed by atoms with Crippen LogP contribution >= 0.6 is 0 Å². The summed E-state index contributed by atoms with van der Waals surface area (Å²) in [6.07, 6.45) is 3.44. The third-order valence-corrected chi connectivity index (χ3v) is 4.29. The van der Waals surface area contributed by atoms with Crippen LogP contribution in [0.4, 0.5) is 10.2 Å². The second-order valence-corrected chi connectivity index (χ2v) is 6.00. The first-order valence-corrected chi connectivity index (χ1v) is 8.43. The Bertz CT molecular complexity index is 1120. The lowest BCUT2D eigenvalue weighted by molar-refractivity contribution is 0.411. The predicted octanol–water partition coefficient (Wildman–Crippen LogP) is 4.55. The number of nitrogens with one attached hydrogen (secondary N) is 1. The van der Waals surface area contributed by atoms with E-state index in [1.54, 1.807) is 18.5 Å². The van der Waals surface area contributed by atoms with E-state index < -0.39 is 0 Å². The van der Waals surface area contributed by atoms with Gasteiger partial charge in [-0.15, -0.1) is 0 Å². The van der Waals surface area contributed by atoms with Crippen molar-refractivity contribution in [2.75, 3.05) is 19.5 Å². The Morgan fingerprint density at radius 1 is 0.963 bits per heavy atom. The topological polar surface area (TPSA) is 59.9 Å². The fraction of sp³-hybridized carbons (Fsp3) is 0.0952. The number of rotatable bonds is 4. The number of benzene rings is 2. The van der Waals surface area contributed by atoms with Crippen molar-refractivity contribution in [3.8, 4) is 28.3 Å². The van der Waals surface area contributed by atoms with Crippen LogP contribution < -0.4 is 10.1 Å². The first-order chi connectivity index (χ1) is 13.2. The van der Waals surface area contributed by atoms with E-state index in [0.29, 0.717) is 17.4 Å². The summed E-state index contributed by atoms with van der Waals surface area (Å²) < 4.78 is 19.0. The summed E-state index contributed by atoms with van der Waals surface area (Å²) in [6, 6.07) is 14.2.